The third-order valence-electron chi connectivity index (χ3n) is 2.25. The molecule has 12 heavy (non-hydrogen) atoms. The molecular formula is C10H23NO. The Kier molecular flexibility index (Phi) is 6.39. The third-order valence-corrected chi connectivity index (χ3v) is 2.25. The summed E-state index contributed by atoms with van der Waals surface area (Å²) in [6.45, 7) is 7.45. The van der Waals surface area contributed by atoms with Gasteiger partial charge in [-0.15, -0.1) is 0 Å². The Hall–Kier alpha value is -0.0800. The summed E-state index contributed by atoms with van der Waals surface area (Å²) < 4.78 is 5.01. The van der Waals surface area contributed by atoms with E-state index in [1.807, 2.05) is 0 Å². The molecule has 0 aromatic heterocycles. The average molecular weight is 173 g/mol. The fraction of sp³-hybridized carbons (Fsp3) is 1.00. The number of methoxy groups -OCH3 is 1. The van der Waals surface area contributed by atoms with Gasteiger partial charge in [-0.05, 0) is 24.7 Å². The maximum Gasteiger partial charge on any atom is 0.0465 e. The molecule has 74 valence electrons. The smallest absolute Gasteiger partial charge is 0.0465 e. The standard InChI is InChI=1S/C10H23NO/c1-8(2)7-10(11)9(3)5-6-12-4/h8-10H,5-7,11H2,1-4H3. The molecule has 0 radical (unpaired) electrons. The van der Waals surface area contributed by atoms with E-state index in [0.717, 1.165) is 19.4 Å². The molecular weight excluding hydrogens is 150 g/mol. The summed E-state index contributed by atoms with van der Waals surface area (Å²) in [4.78, 5) is 0. The van der Waals surface area contributed by atoms with Gasteiger partial charge in [0.25, 0.3) is 0 Å². The van der Waals surface area contributed by atoms with Crippen molar-refractivity contribution in [3.05, 3.63) is 0 Å². The fourth-order valence-electron chi connectivity index (χ4n) is 1.29. The van der Waals surface area contributed by atoms with Crippen molar-refractivity contribution in [1.29, 1.82) is 0 Å². The van der Waals surface area contributed by atoms with Crippen molar-refractivity contribution in [2.75, 3.05) is 13.7 Å². The van der Waals surface area contributed by atoms with Crippen LogP contribution >= 0.6 is 0 Å². The first-order chi connectivity index (χ1) is 5.57. The molecule has 0 aliphatic heterocycles. The lowest BCUT2D eigenvalue weighted by Crippen LogP contribution is -2.30. The van der Waals surface area contributed by atoms with Gasteiger partial charge in [-0.3, -0.25) is 0 Å². The maximum atomic E-state index is 6.00. The normalized spacial score (nSPS) is 16.5. The van der Waals surface area contributed by atoms with E-state index in [2.05, 4.69) is 20.8 Å². The van der Waals surface area contributed by atoms with Gasteiger partial charge in [0.2, 0.25) is 0 Å². The Morgan fingerprint density at radius 1 is 1.25 bits per heavy atom. The van der Waals surface area contributed by atoms with Crippen molar-refractivity contribution < 1.29 is 4.74 Å². The van der Waals surface area contributed by atoms with Crippen LogP contribution in [-0.2, 0) is 4.74 Å². The van der Waals surface area contributed by atoms with E-state index in [1.165, 1.54) is 0 Å². The molecule has 2 heteroatoms. The van der Waals surface area contributed by atoms with Crippen molar-refractivity contribution in [1.82, 2.24) is 0 Å². The monoisotopic (exact) mass is 173 g/mol. The van der Waals surface area contributed by atoms with Crippen molar-refractivity contribution in [2.24, 2.45) is 17.6 Å². The van der Waals surface area contributed by atoms with Gasteiger partial charge < -0.3 is 10.5 Å². The first-order valence-corrected chi connectivity index (χ1v) is 4.82. The summed E-state index contributed by atoms with van der Waals surface area (Å²) in [5, 5.41) is 0. The van der Waals surface area contributed by atoms with Crippen LogP contribution in [0.4, 0.5) is 0 Å². The lowest BCUT2D eigenvalue weighted by Gasteiger charge is -2.21. The second-order valence-electron chi connectivity index (χ2n) is 4.05. The number of nitrogens with two attached hydrogens (primary N) is 1. The number of hydrogen-bond acceptors (Lipinski definition) is 2. The van der Waals surface area contributed by atoms with Crippen molar-refractivity contribution in [3.63, 3.8) is 0 Å². The highest BCUT2D eigenvalue weighted by molar-refractivity contribution is 4.70. The van der Waals surface area contributed by atoms with E-state index < -0.39 is 0 Å². The summed E-state index contributed by atoms with van der Waals surface area (Å²) in [6, 6.07) is 0.333. The molecule has 0 spiro atoms. The Labute approximate surface area is 76.5 Å². The van der Waals surface area contributed by atoms with Gasteiger partial charge in [0.15, 0.2) is 0 Å². The first-order valence-electron chi connectivity index (χ1n) is 4.82. The van der Waals surface area contributed by atoms with Crippen LogP contribution in [0.15, 0.2) is 0 Å². The maximum absolute atomic E-state index is 6.00. The highest BCUT2D eigenvalue weighted by Crippen LogP contribution is 2.13. The summed E-state index contributed by atoms with van der Waals surface area (Å²) in [5.41, 5.74) is 6.00. The molecule has 0 fully saturated rings. The molecule has 0 aromatic rings. The van der Waals surface area contributed by atoms with Crippen LogP contribution in [0.2, 0.25) is 0 Å². The quantitative estimate of drug-likeness (QED) is 0.667. The van der Waals surface area contributed by atoms with Crippen LogP contribution in [0, 0.1) is 11.8 Å². The van der Waals surface area contributed by atoms with Gasteiger partial charge in [0, 0.05) is 19.8 Å². The summed E-state index contributed by atoms with van der Waals surface area (Å²) in [5.74, 6) is 1.28. The summed E-state index contributed by atoms with van der Waals surface area (Å²) >= 11 is 0. The topological polar surface area (TPSA) is 35.2 Å². The van der Waals surface area contributed by atoms with E-state index in [1.54, 1.807) is 7.11 Å². The highest BCUT2D eigenvalue weighted by Gasteiger charge is 2.13. The zero-order valence-electron chi connectivity index (χ0n) is 8.84. The molecule has 0 bridgehead atoms. The first kappa shape index (κ1) is 11.9. The van der Waals surface area contributed by atoms with Gasteiger partial charge in [-0.2, -0.15) is 0 Å². The molecule has 0 aliphatic carbocycles. The van der Waals surface area contributed by atoms with Gasteiger partial charge in [0.1, 0.15) is 0 Å². The van der Waals surface area contributed by atoms with Crippen LogP contribution < -0.4 is 5.73 Å². The van der Waals surface area contributed by atoms with E-state index in [9.17, 15) is 0 Å². The Morgan fingerprint density at radius 2 is 1.83 bits per heavy atom. The Morgan fingerprint density at radius 3 is 2.25 bits per heavy atom. The fourth-order valence-corrected chi connectivity index (χ4v) is 1.29. The number of rotatable bonds is 6. The van der Waals surface area contributed by atoms with Crippen LogP contribution in [0.25, 0.3) is 0 Å². The minimum absolute atomic E-state index is 0.333. The third kappa shape index (κ3) is 5.56. The minimum atomic E-state index is 0.333. The van der Waals surface area contributed by atoms with Crippen molar-refractivity contribution in [3.8, 4) is 0 Å². The zero-order chi connectivity index (χ0) is 9.56. The molecule has 0 heterocycles. The predicted molar refractivity (Wildman–Crippen MR) is 53.1 cm³/mol. The molecule has 0 amide bonds. The van der Waals surface area contributed by atoms with E-state index >= 15 is 0 Å². The van der Waals surface area contributed by atoms with Crippen molar-refractivity contribution in [2.45, 2.75) is 39.7 Å². The molecule has 0 aliphatic rings. The van der Waals surface area contributed by atoms with E-state index in [0.29, 0.717) is 17.9 Å². The lowest BCUT2D eigenvalue weighted by molar-refractivity contribution is 0.172. The van der Waals surface area contributed by atoms with E-state index in [4.69, 9.17) is 10.5 Å². The second-order valence-corrected chi connectivity index (χ2v) is 4.05. The zero-order valence-corrected chi connectivity index (χ0v) is 8.84. The number of hydrogen-bond donors (Lipinski definition) is 1. The molecule has 0 saturated heterocycles. The molecule has 0 rings (SSSR count). The van der Waals surface area contributed by atoms with E-state index in [-0.39, 0.29) is 0 Å². The summed E-state index contributed by atoms with van der Waals surface area (Å²) in [6.07, 6.45) is 2.19. The second kappa shape index (κ2) is 6.44. The van der Waals surface area contributed by atoms with Gasteiger partial charge in [0.05, 0.1) is 0 Å². The summed E-state index contributed by atoms with van der Waals surface area (Å²) in [7, 11) is 1.74. The SMILES string of the molecule is COCCC(C)C(N)CC(C)C. The molecule has 0 saturated carbocycles. The van der Waals surface area contributed by atoms with Crippen LogP contribution in [0.3, 0.4) is 0 Å². The van der Waals surface area contributed by atoms with Gasteiger partial charge in [-0.1, -0.05) is 20.8 Å². The number of ether oxygens (including phenoxy) is 1. The molecule has 2 N–H and O–H groups in total. The Balaban J connectivity index is 3.53. The molecule has 0 aromatic carbocycles. The van der Waals surface area contributed by atoms with Crippen LogP contribution in [0.5, 0.6) is 0 Å². The van der Waals surface area contributed by atoms with Crippen LogP contribution in [0.1, 0.15) is 33.6 Å². The lowest BCUT2D eigenvalue weighted by atomic mass is 9.92. The Bertz CT molecular complexity index is 104. The largest absolute Gasteiger partial charge is 0.385 e. The predicted octanol–water partition coefficient (Wildman–Crippen LogP) is 2.03. The van der Waals surface area contributed by atoms with Crippen molar-refractivity contribution >= 4 is 0 Å². The molecule has 2 atom stereocenters. The molecule has 2 nitrogen and oxygen atoms in total. The van der Waals surface area contributed by atoms with Crippen LogP contribution in [-0.4, -0.2) is 19.8 Å². The average Bonchev–Trinajstić information content (AvgIpc) is 1.98. The minimum Gasteiger partial charge on any atom is -0.385 e. The highest BCUT2D eigenvalue weighted by atomic mass is 16.5. The van der Waals surface area contributed by atoms with Gasteiger partial charge >= 0.3 is 0 Å². The molecule has 2 unspecified atom stereocenters. The van der Waals surface area contributed by atoms with Gasteiger partial charge in [-0.25, -0.2) is 0 Å².